The summed E-state index contributed by atoms with van der Waals surface area (Å²) < 4.78 is 0.822. The van der Waals surface area contributed by atoms with E-state index in [0.29, 0.717) is 18.0 Å². The third-order valence-electron chi connectivity index (χ3n) is 3.22. The number of aliphatic carboxylic acids is 1. The molecule has 1 aromatic rings. The maximum absolute atomic E-state index is 12.5. The highest BCUT2D eigenvalue weighted by Gasteiger charge is 2.29. The summed E-state index contributed by atoms with van der Waals surface area (Å²) in [5.74, 6) is -0.703. The lowest BCUT2D eigenvalue weighted by atomic mass is 10.1. The minimum Gasteiger partial charge on any atom is -0.480 e. The quantitative estimate of drug-likeness (QED) is 0.905. The molecule has 0 bridgehead atoms. The van der Waals surface area contributed by atoms with E-state index in [1.807, 2.05) is 19.1 Å². The van der Waals surface area contributed by atoms with Crippen LogP contribution in [0.2, 0.25) is 0 Å². The van der Waals surface area contributed by atoms with E-state index >= 15 is 0 Å². The molecule has 0 aromatic heterocycles. The lowest BCUT2D eigenvalue weighted by molar-refractivity contribution is -0.137. The van der Waals surface area contributed by atoms with Gasteiger partial charge in [0.15, 0.2) is 0 Å². The second-order valence-corrected chi connectivity index (χ2v) is 5.90. The van der Waals surface area contributed by atoms with Crippen molar-refractivity contribution in [3.63, 3.8) is 0 Å². The molecule has 0 radical (unpaired) electrons. The average molecular weight is 326 g/mol. The SMILES string of the molecule is Cc1ccc(Br)cc1C(=O)N(CC(=O)O)CC1CC1. The number of rotatable bonds is 5. The van der Waals surface area contributed by atoms with E-state index in [9.17, 15) is 9.59 Å². The average Bonchev–Trinajstić information content (AvgIpc) is 3.14. The monoisotopic (exact) mass is 325 g/mol. The predicted octanol–water partition coefficient (Wildman–Crippen LogP) is 2.69. The standard InChI is InChI=1S/C14H16BrNO3/c1-9-2-5-11(15)6-12(9)14(19)16(8-13(17)18)7-10-3-4-10/h2,5-6,10H,3-4,7-8H2,1H3,(H,17,18). The van der Waals surface area contributed by atoms with Crippen molar-refractivity contribution in [1.82, 2.24) is 4.90 Å². The van der Waals surface area contributed by atoms with Crippen molar-refractivity contribution < 1.29 is 14.7 Å². The Morgan fingerprint density at radius 2 is 2.11 bits per heavy atom. The van der Waals surface area contributed by atoms with Crippen molar-refractivity contribution in [1.29, 1.82) is 0 Å². The van der Waals surface area contributed by atoms with Crippen LogP contribution in [0.3, 0.4) is 0 Å². The number of carbonyl (C=O) groups excluding carboxylic acids is 1. The molecular formula is C14H16BrNO3. The van der Waals surface area contributed by atoms with Gasteiger partial charge >= 0.3 is 5.97 Å². The number of carboxylic acid groups (broad SMARTS) is 1. The number of amides is 1. The molecule has 0 saturated heterocycles. The molecule has 19 heavy (non-hydrogen) atoms. The summed E-state index contributed by atoms with van der Waals surface area (Å²) in [6, 6.07) is 5.47. The molecule has 1 aliphatic rings. The lowest BCUT2D eigenvalue weighted by Crippen LogP contribution is -2.37. The molecule has 2 rings (SSSR count). The van der Waals surface area contributed by atoms with Gasteiger partial charge in [-0.3, -0.25) is 9.59 Å². The van der Waals surface area contributed by atoms with Crippen molar-refractivity contribution in [3.05, 3.63) is 33.8 Å². The van der Waals surface area contributed by atoms with Crippen LogP contribution >= 0.6 is 15.9 Å². The van der Waals surface area contributed by atoms with Gasteiger partial charge in [-0.25, -0.2) is 0 Å². The molecule has 1 aromatic carbocycles. The van der Waals surface area contributed by atoms with E-state index in [1.165, 1.54) is 4.90 Å². The fourth-order valence-electron chi connectivity index (χ4n) is 1.99. The van der Waals surface area contributed by atoms with Gasteiger partial charge in [-0.15, -0.1) is 0 Å². The summed E-state index contributed by atoms with van der Waals surface area (Å²) in [7, 11) is 0. The summed E-state index contributed by atoms with van der Waals surface area (Å²) in [6.45, 7) is 2.16. The molecule has 4 nitrogen and oxygen atoms in total. The number of carboxylic acids is 1. The molecule has 0 unspecified atom stereocenters. The second-order valence-electron chi connectivity index (χ2n) is 4.98. The summed E-state index contributed by atoms with van der Waals surface area (Å²) in [5.41, 5.74) is 1.43. The number of hydrogen-bond donors (Lipinski definition) is 1. The van der Waals surface area contributed by atoms with Crippen LogP contribution < -0.4 is 0 Å². The second kappa shape index (κ2) is 5.74. The first-order valence-electron chi connectivity index (χ1n) is 6.24. The molecule has 1 fully saturated rings. The summed E-state index contributed by atoms with van der Waals surface area (Å²) >= 11 is 3.34. The Balaban J connectivity index is 2.21. The Labute approximate surface area is 120 Å². The van der Waals surface area contributed by atoms with Crippen LogP contribution in [0.1, 0.15) is 28.8 Å². The number of hydrogen-bond acceptors (Lipinski definition) is 2. The van der Waals surface area contributed by atoms with E-state index in [-0.39, 0.29) is 12.5 Å². The maximum atomic E-state index is 12.5. The van der Waals surface area contributed by atoms with Crippen LogP contribution in [0.4, 0.5) is 0 Å². The number of carbonyl (C=O) groups is 2. The molecule has 1 saturated carbocycles. The molecule has 0 aliphatic heterocycles. The van der Waals surface area contributed by atoms with Crippen molar-refractivity contribution >= 4 is 27.8 Å². The first kappa shape index (κ1) is 14.1. The summed E-state index contributed by atoms with van der Waals surface area (Å²) in [5, 5.41) is 8.93. The van der Waals surface area contributed by atoms with E-state index in [1.54, 1.807) is 6.07 Å². The van der Waals surface area contributed by atoms with E-state index in [2.05, 4.69) is 15.9 Å². The van der Waals surface area contributed by atoms with Crippen molar-refractivity contribution in [2.45, 2.75) is 19.8 Å². The van der Waals surface area contributed by atoms with Crippen LogP contribution in [0.5, 0.6) is 0 Å². The molecule has 1 aliphatic carbocycles. The number of halogens is 1. The Hall–Kier alpha value is -1.36. The predicted molar refractivity (Wildman–Crippen MR) is 75.1 cm³/mol. The number of nitrogens with zero attached hydrogens (tertiary/aromatic N) is 1. The van der Waals surface area contributed by atoms with Crippen molar-refractivity contribution in [3.8, 4) is 0 Å². The van der Waals surface area contributed by atoms with Gasteiger partial charge in [-0.1, -0.05) is 22.0 Å². The fraction of sp³-hybridized carbons (Fsp3) is 0.429. The van der Waals surface area contributed by atoms with E-state index in [4.69, 9.17) is 5.11 Å². The van der Waals surface area contributed by atoms with Gasteiger partial charge in [0.1, 0.15) is 6.54 Å². The van der Waals surface area contributed by atoms with Gasteiger partial charge in [0, 0.05) is 16.6 Å². The third-order valence-corrected chi connectivity index (χ3v) is 3.71. The Kier molecular flexibility index (Phi) is 4.24. The van der Waals surface area contributed by atoms with Crippen LogP contribution in [0.25, 0.3) is 0 Å². The van der Waals surface area contributed by atoms with E-state index < -0.39 is 5.97 Å². The Bertz CT molecular complexity index is 511. The summed E-state index contributed by atoms with van der Waals surface area (Å²) in [6.07, 6.45) is 2.17. The van der Waals surface area contributed by atoms with Crippen molar-refractivity contribution in [2.75, 3.05) is 13.1 Å². The number of benzene rings is 1. The molecule has 1 N–H and O–H groups in total. The largest absolute Gasteiger partial charge is 0.480 e. The minimum absolute atomic E-state index is 0.201. The van der Waals surface area contributed by atoms with Gasteiger partial charge in [0.25, 0.3) is 5.91 Å². The van der Waals surface area contributed by atoms with Crippen LogP contribution in [-0.4, -0.2) is 35.0 Å². The maximum Gasteiger partial charge on any atom is 0.323 e. The first-order valence-corrected chi connectivity index (χ1v) is 7.04. The molecule has 5 heteroatoms. The van der Waals surface area contributed by atoms with Crippen LogP contribution in [0, 0.1) is 12.8 Å². The molecule has 1 amide bonds. The van der Waals surface area contributed by atoms with Gasteiger partial charge in [-0.05, 0) is 43.4 Å². The zero-order chi connectivity index (χ0) is 14.0. The minimum atomic E-state index is -0.971. The molecule has 0 heterocycles. The number of aryl methyl sites for hydroxylation is 1. The molecule has 102 valence electrons. The summed E-state index contributed by atoms with van der Waals surface area (Å²) in [4.78, 5) is 24.8. The van der Waals surface area contributed by atoms with Gasteiger partial charge < -0.3 is 10.0 Å². The molecule has 0 spiro atoms. The van der Waals surface area contributed by atoms with Crippen molar-refractivity contribution in [2.24, 2.45) is 5.92 Å². The Morgan fingerprint density at radius 1 is 1.42 bits per heavy atom. The van der Waals surface area contributed by atoms with Gasteiger partial charge in [0.05, 0.1) is 0 Å². The topological polar surface area (TPSA) is 57.6 Å². The third kappa shape index (κ3) is 3.80. The zero-order valence-corrected chi connectivity index (χ0v) is 12.3. The normalized spacial score (nSPS) is 14.2. The first-order chi connectivity index (χ1) is 8.97. The molecular weight excluding hydrogens is 310 g/mol. The fourth-order valence-corrected chi connectivity index (χ4v) is 2.35. The van der Waals surface area contributed by atoms with E-state index in [0.717, 1.165) is 22.9 Å². The smallest absolute Gasteiger partial charge is 0.323 e. The zero-order valence-electron chi connectivity index (χ0n) is 10.7. The highest BCUT2D eigenvalue weighted by molar-refractivity contribution is 9.10. The highest BCUT2D eigenvalue weighted by Crippen LogP contribution is 2.30. The van der Waals surface area contributed by atoms with Crippen LogP contribution in [0.15, 0.2) is 22.7 Å². The molecule has 0 atom stereocenters. The lowest BCUT2D eigenvalue weighted by Gasteiger charge is -2.21. The Morgan fingerprint density at radius 3 is 2.68 bits per heavy atom. The highest BCUT2D eigenvalue weighted by atomic mass is 79.9. The van der Waals surface area contributed by atoms with Gasteiger partial charge in [0.2, 0.25) is 0 Å². The van der Waals surface area contributed by atoms with Crippen LogP contribution in [-0.2, 0) is 4.79 Å². The van der Waals surface area contributed by atoms with Gasteiger partial charge in [-0.2, -0.15) is 0 Å².